The fraction of sp³-hybridized carbons (Fsp3) is 0.368. The topological polar surface area (TPSA) is 75.7 Å². The molecule has 0 aliphatic heterocycles. The van der Waals surface area contributed by atoms with Gasteiger partial charge in [0.15, 0.2) is 11.6 Å². The van der Waals surface area contributed by atoms with Gasteiger partial charge in [-0.2, -0.15) is 0 Å². The SMILES string of the molecule is CCc1cc2c(S[C@H](C)C(=O)c3[nH]c(C)c(C(C)=O)c3C)ncnc2s1. The number of hydrogen-bond acceptors (Lipinski definition) is 6. The summed E-state index contributed by atoms with van der Waals surface area (Å²) < 4.78 is 0. The van der Waals surface area contributed by atoms with Crippen LogP contribution in [0.1, 0.15) is 57.8 Å². The van der Waals surface area contributed by atoms with E-state index < -0.39 is 0 Å². The van der Waals surface area contributed by atoms with Crippen molar-refractivity contribution in [1.29, 1.82) is 0 Å². The molecule has 0 fully saturated rings. The number of thiophene rings is 1. The largest absolute Gasteiger partial charge is 0.355 e. The molecule has 0 aromatic carbocycles. The molecule has 7 heteroatoms. The molecule has 3 aromatic heterocycles. The zero-order valence-corrected chi connectivity index (χ0v) is 17.1. The second kappa shape index (κ2) is 7.32. The molecule has 1 atom stereocenters. The molecule has 0 radical (unpaired) electrons. The maximum Gasteiger partial charge on any atom is 0.192 e. The maximum atomic E-state index is 13.0. The first kappa shape index (κ1) is 18.8. The van der Waals surface area contributed by atoms with Crippen molar-refractivity contribution in [3.05, 3.63) is 39.8 Å². The number of aromatic amines is 1. The van der Waals surface area contributed by atoms with E-state index in [1.54, 1.807) is 17.7 Å². The van der Waals surface area contributed by atoms with Crippen LogP contribution in [0.3, 0.4) is 0 Å². The molecule has 0 saturated carbocycles. The fourth-order valence-electron chi connectivity index (χ4n) is 3.10. The van der Waals surface area contributed by atoms with E-state index in [-0.39, 0.29) is 16.8 Å². The minimum absolute atomic E-state index is 0.0270. The van der Waals surface area contributed by atoms with Gasteiger partial charge in [-0.15, -0.1) is 11.3 Å². The summed E-state index contributed by atoms with van der Waals surface area (Å²) >= 11 is 3.09. The van der Waals surface area contributed by atoms with Gasteiger partial charge in [0, 0.05) is 21.5 Å². The number of ketones is 2. The smallest absolute Gasteiger partial charge is 0.192 e. The normalized spacial score (nSPS) is 12.5. The molecule has 136 valence electrons. The number of H-pyrrole nitrogens is 1. The van der Waals surface area contributed by atoms with Crippen molar-refractivity contribution in [2.45, 2.75) is 51.3 Å². The standard InChI is InChI=1S/C19H21N3O2S2/c1-6-13-7-14-18(20-8-21-19(14)26-13)25-12(5)17(24)16-9(2)15(11(4)23)10(3)22-16/h7-8,12,22H,6H2,1-5H3/t12-/m1/s1. The quantitative estimate of drug-likeness (QED) is 0.375. The average Bonchev–Trinajstić information content (AvgIpc) is 3.15. The summed E-state index contributed by atoms with van der Waals surface area (Å²) in [6.07, 6.45) is 2.50. The predicted octanol–water partition coefficient (Wildman–Crippen LogP) is 4.76. The number of fused-ring (bicyclic) bond motifs is 1. The van der Waals surface area contributed by atoms with E-state index in [2.05, 4.69) is 27.9 Å². The van der Waals surface area contributed by atoms with Gasteiger partial charge in [-0.05, 0) is 45.7 Å². The van der Waals surface area contributed by atoms with Crippen molar-refractivity contribution in [3.8, 4) is 0 Å². The zero-order valence-electron chi connectivity index (χ0n) is 15.5. The van der Waals surface area contributed by atoms with Crippen LogP contribution in [0.4, 0.5) is 0 Å². The number of aryl methyl sites for hydroxylation is 2. The summed E-state index contributed by atoms with van der Waals surface area (Å²) in [6.45, 7) is 9.15. The highest BCUT2D eigenvalue weighted by atomic mass is 32.2. The molecular formula is C19H21N3O2S2. The van der Waals surface area contributed by atoms with Crippen LogP contribution in [0.15, 0.2) is 17.4 Å². The van der Waals surface area contributed by atoms with E-state index >= 15 is 0 Å². The predicted molar refractivity (Wildman–Crippen MR) is 107 cm³/mol. The fourth-order valence-corrected chi connectivity index (χ4v) is 5.05. The Morgan fingerprint density at radius 2 is 2.04 bits per heavy atom. The lowest BCUT2D eigenvalue weighted by Gasteiger charge is -2.10. The van der Waals surface area contributed by atoms with Gasteiger partial charge < -0.3 is 4.98 Å². The second-order valence-corrected chi connectivity index (χ2v) is 8.71. The third-order valence-corrected chi connectivity index (χ3v) is 6.69. The Hall–Kier alpha value is -1.99. The Morgan fingerprint density at radius 3 is 2.65 bits per heavy atom. The molecule has 26 heavy (non-hydrogen) atoms. The number of hydrogen-bond donors (Lipinski definition) is 1. The molecule has 0 bridgehead atoms. The van der Waals surface area contributed by atoms with Crippen molar-refractivity contribution < 1.29 is 9.59 Å². The Labute approximate surface area is 160 Å². The van der Waals surface area contributed by atoms with Gasteiger partial charge in [-0.3, -0.25) is 9.59 Å². The summed E-state index contributed by atoms with van der Waals surface area (Å²) in [6, 6.07) is 2.11. The summed E-state index contributed by atoms with van der Waals surface area (Å²) in [5.41, 5.74) is 2.59. The number of carbonyl (C=O) groups is 2. The maximum absolute atomic E-state index is 13.0. The van der Waals surface area contributed by atoms with Crippen LogP contribution in [0.25, 0.3) is 10.2 Å². The third-order valence-electron chi connectivity index (χ3n) is 4.39. The average molecular weight is 388 g/mol. The van der Waals surface area contributed by atoms with E-state index in [1.165, 1.54) is 23.6 Å². The Kier molecular flexibility index (Phi) is 5.29. The van der Waals surface area contributed by atoms with Crippen LogP contribution in [-0.2, 0) is 6.42 Å². The van der Waals surface area contributed by atoms with E-state index in [9.17, 15) is 9.59 Å². The summed E-state index contributed by atoms with van der Waals surface area (Å²) in [7, 11) is 0. The summed E-state index contributed by atoms with van der Waals surface area (Å²) in [4.78, 5) is 38.8. The van der Waals surface area contributed by atoms with Gasteiger partial charge in [-0.1, -0.05) is 18.7 Å². The monoisotopic (exact) mass is 387 g/mol. The number of rotatable bonds is 6. The van der Waals surface area contributed by atoms with Gasteiger partial charge in [-0.25, -0.2) is 9.97 Å². The minimum atomic E-state index is -0.324. The van der Waals surface area contributed by atoms with Crippen molar-refractivity contribution in [2.24, 2.45) is 0 Å². The zero-order chi connectivity index (χ0) is 19.0. The van der Waals surface area contributed by atoms with Crippen LogP contribution in [0.2, 0.25) is 0 Å². The first-order valence-corrected chi connectivity index (χ1v) is 10.2. The van der Waals surface area contributed by atoms with Gasteiger partial charge >= 0.3 is 0 Å². The molecule has 1 N–H and O–H groups in total. The van der Waals surface area contributed by atoms with Crippen molar-refractivity contribution in [2.75, 3.05) is 0 Å². The Morgan fingerprint density at radius 1 is 1.31 bits per heavy atom. The molecule has 0 unspecified atom stereocenters. The lowest BCUT2D eigenvalue weighted by atomic mass is 10.0. The molecule has 5 nitrogen and oxygen atoms in total. The van der Waals surface area contributed by atoms with Crippen molar-refractivity contribution in [3.63, 3.8) is 0 Å². The highest BCUT2D eigenvalue weighted by molar-refractivity contribution is 8.00. The highest BCUT2D eigenvalue weighted by Gasteiger charge is 2.25. The summed E-state index contributed by atoms with van der Waals surface area (Å²) in [5, 5.41) is 1.50. The van der Waals surface area contributed by atoms with Crippen LogP contribution < -0.4 is 0 Å². The lowest BCUT2D eigenvalue weighted by Crippen LogP contribution is -2.15. The van der Waals surface area contributed by atoms with Gasteiger partial charge in [0.2, 0.25) is 0 Å². The number of thioether (sulfide) groups is 1. The van der Waals surface area contributed by atoms with Gasteiger partial charge in [0.1, 0.15) is 16.2 Å². The number of aromatic nitrogens is 3. The Bertz CT molecular complexity index is 1000. The van der Waals surface area contributed by atoms with E-state index in [4.69, 9.17) is 0 Å². The molecule has 3 heterocycles. The molecular weight excluding hydrogens is 366 g/mol. The second-order valence-electron chi connectivity index (χ2n) is 6.27. The Balaban J connectivity index is 1.90. The van der Waals surface area contributed by atoms with Gasteiger partial charge in [0.25, 0.3) is 0 Å². The number of nitrogens with one attached hydrogen (secondary N) is 1. The molecule has 0 aliphatic rings. The summed E-state index contributed by atoms with van der Waals surface area (Å²) in [5.74, 6) is -0.0562. The number of Topliss-reactive ketones (excluding diaryl/α,β-unsaturated/α-hetero) is 2. The molecule has 0 aliphatic carbocycles. The van der Waals surface area contributed by atoms with E-state index in [1.807, 2.05) is 20.8 Å². The molecule has 0 spiro atoms. The van der Waals surface area contributed by atoms with Crippen LogP contribution in [0, 0.1) is 13.8 Å². The number of nitrogens with zero attached hydrogens (tertiary/aromatic N) is 2. The molecule has 3 aromatic rings. The lowest BCUT2D eigenvalue weighted by molar-refractivity contribution is 0.0988. The van der Waals surface area contributed by atoms with E-state index in [0.29, 0.717) is 11.3 Å². The van der Waals surface area contributed by atoms with Crippen LogP contribution in [0.5, 0.6) is 0 Å². The van der Waals surface area contributed by atoms with Crippen LogP contribution >= 0.6 is 23.1 Å². The third kappa shape index (κ3) is 3.33. The van der Waals surface area contributed by atoms with Crippen molar-refractivity contribution >= 4 is 44.9 Å². The number of carbonyl (C=O) groups excluding carboxylic acids is 2. The van der Waals surface area contributed by atoms with Crippen LogP contribution in [-0.4, -0.2) is 31.8 Å². The van der Waals surface area contributed by atoms with Gasteiger partial charge in [0.05, 0.1) is 10.9 Å². The van der Waals surface area contributed by atoms with E-state index in [0.717, 1.165) is 32.9 Å². The minimum Gasteiger partial charge on any atom is -0.355 e. The first-order chi connectivity index (χ1) is 12.3. The highest BCUT2D eigenvalue weighted by Crippen LogP contribution is 2.34. The first-order valence-electron chi connectivity index (χ1n) is 8.47. The molecule has 0 amide bonds. The molecule has 3 rings (SSSR count). The van der Waals surface area contributed by atoms with Crippen molar-refractivity contribution in [1.82, 2.24) is 15.0 Å². The molecule has 0 saturated heterocycles.